The van der Waals surface area contributed by atoms with E-state index in [1.807, 2.05) is 6.07 Å². The van der Waals surface area contributed by atoms with Crippen molar-refractivity contribution in [3.8, 4) is 0 Å². The maximum Gasteiger partial charge on any atom is 0.129 e. The van der Waals surface area contributed by atoms with Gasteiger partial charge in [0.1, 0.15) is 5.82 Å². The summed E-state index contributed by atoms with van der Waals surface area (Å²) in [6.45, 7) is 0. The Hall–Kier alpha value is 0.0600. The van der Waals surface area contributed by atoms with Gasteiger partial charge in [-0.05, 0) is 55.6 Å². The monoisotopic (exact) mass is 397 g/mol. The normalized spacial score (nSPS) is 12.8. The Labute approximate surface area is 124 Å². The first-order chi connectivity index (χ1) is 8.00. The molecule has 0 saturated carbocycles. The lowest BCUT2D eigenvalue weighted by atomic mass is 10.0. The van der Waals surface area contributed by atoms with Gasteiger partial charge in [0, 0.05) is 10.6 Å². The SMILES string of the molecule is NC(c1cc(Br)sc1Br)c1c(F)cccc1Cl. The zero-order valence-corrected chi connectivity index (χ0v) is 13.1. The minimum atomic E-state index is -0.583. The average molecular weight is 400 g/mol. The van der Waals surface area contributed by atoms with Crippen LogP contribution in [0.1, 0.15) is 17.2 Å². The minimum absolute atomic E-state index is 0.320. The van der Waals surface area contributed by atoms with E-state index in [1.165, 1.54) is 17.4 Å². The summed E-state index contributed by atoms with van der Waals surface area (Å²) in [7, 11) is 0. The molecule has 0 amide bonds. The first kappa shape index (κ1) is 13.5. The average Bonchev–Trinajstić information content (AvgIpc) is 2.57. The molecule has 1 atom stereocenters. The van der Waals surface area contributed by atoms with Crippen molar-refractivity contribution < 1.29 is 4.39 Å². The van der Waals surface area contributed by atoms with Gasteiger partial charge in [-0.25, -0.2) is 4.39 Å². The highest BCUT2D eigenvalue weighted by molar-refractivity contribution is 9.12. The van der Waals surface area contributed by atoms with Gasteiger partial charge in [0.25, 0.3) is 0 Å². The quantitative estimate of drug-likeness (QED) is 0.746. The van der Waals surface area contributed by atoms with E-state index in [9.17, 15) is 4.39 Å². The molecule has 1 aromatic heterocycles. The Morgan fingerprint density at radius 2 is 2.06 bits per heavy atom. The first-order valence-corrected chi connectivity index (χ1v) is 7.43. The molecule has 90 valence electrons. The number of hydrogen-bond donors (Lipinski definition) is 1. The molecule has 2 aromatic rings. The van der Waals surface area contributed by atoms with E-state index in [0.29, 0.717) is 10.6 Å². The standard InChI is InChI=1S/C11H7Br2ClFNS/c12-8-4-5(11(13)17-8)10(16)9-6(14)2-1-3-7(9)15/h1-4,10H,16H2. The molecule has 6 heteroatoms. The van der Waals surface area contributed by atoms with E-state index in [-0.39, 0.29) is 5.82 Å². The number of halogens is 4. The molecule has 0 radical (unpaired) electrons. The number of nitrogens with two attached hydrogens (primary N) is 1. The molecule has 0 aliphatic heterocycles. The van der Waals surface area contributed by atoms with Crippen LogP contribution in [-0.2, 0) is 0 Å². The number of hydrogen-bond acceptors (Lipinski definition) is 2. The molecule has 0 aliphatic carbocycles. The van der Waals surface area contributed by atoms with Crippen molar-refractivity contribution in [3.05, 3.63) is 53.8 Å². The zero-order valence-electron chi connectivity index (χ0n) is 8.38. The molecule has 0 bridgehead atoms. The maximum atomic E-state index is 13.7. The van der Waals surface area contributed by atoms with Crippen LogP contribution in [0.5, 0.6) is 0 Å². The molecule has 2 N–H and O–H groups in total. The van der Waals surface area contributed by atoms with Crippen molar-refractivity contribution in [3.63, 3.8) is 0 Å². The third-order valence-corrected chi connectivity index (χ3v) is 5.04. The van der Waals surface area contributed by atoms with Crippen LogP contribution in [0.15, 0.2) is 31.8 Å². The van der Waals surface area contributed by atoms with Crippen LogP contribution in [0.3, 0.4) is 0 Å². The van der Waals surface area contributed by atoms with Gasteiger partial charge in [0.15, 0.2) is 0 Å². The second-order valence-corrected chi connectivity index (χ2v) is 7.55. The first-order valence-electron chi connectivity index (χ1n) is 4.65. The number of benzene rings is 1. The van der Waals surface area contributed by atoms with E-state index in [1.54, 1.807) is 12.1 Å². The van der Waals surface area contributed by atoms with Crippen molar-refractivity contribution in [1.29, 1.82) is 0 Å². The van der Waals surface area contributed by atoms with Crippen LogP contribution in [0.25, 0.3) is 0 Å². The highest BCUT2D eigenvalue weighted by Crippen LogP contribution is 2.39. The lowest BCUT2D eigenvalue weighted by Crippen LogP contribution is -2.14. The van der Waals surface area contributed by atoms with Gasteiger partial charge >= 0.3 is 0 Å². The minimum Gasteiger partial charge on any atom is -0.320 e. The van der Waals surface area contributed by atoms with E-state index in [2.05, 4.69) is 31.9 Å². The Morgan fingerprint density at radius 1 is 1.35 bits per heavy atom. The van der Waals surface area contributed by atoms with Crippen molar-refractivity contribution in [2.45, 2.75) is 6.04 Å². The van der Waals surface area contributed by atoms with E-state index >= 15 is 0 Å². The second kappa shape index (κ2) is 5.36. The van der Waals surface area contributed by atoms with Crippen LogP contribution in [0.2, 0.25) is 5.02 Å². The van der Waals surface area contributed by atoms with Crippen molar-refractivity contribution in [2.75, 3.05) is 0 Å². The fourth-order valence-corrected chi connectivity index (χ4v) is 4.74. The molecule has 0 spiro atoms. The fraction of sp³-hybridized carbons (Fsp3) is 0.0909. The van der Waals surface area contributed by atoms with E-state index in [0.717, 1.165) is 13.1 Å². The summed E-state index contributed by atoms with van der Waals surface area (Å²) in [5, 5.41) is 0.340. The number of rotatable bonds is 2. The van der Waals surface area contributed by atoms with E-state index in [4.69, 9.17) is 17.3 Å². The lowest BCUT2D eigenvalue weighted by Gasteiger charge is -2.14. The van der Waals surface area contributed by atoms with Gasteiger partial charge in [-0.1, -0.05) is 17.7 Å². The largest absolute Gasteiger partial charge is 0.320 e. The Kier molecular flexibility index (Phi) is 4.26. The van der Waals surface area contributed by atoms with Crippen LogP contribution >= 0.6 is 54.8 Å². The number of thiophene rings is 1. The summed E-state index contributed by atoms with van der Waals surface area (Å²) in [6, 6.07) is 5.83. The van der Waals surface area contributed by atoms with Gasteiger partial charge in [0.05, 0.1) is 13.6 Å². The predicted molar refractivity (Wildman–Crippen MR) is 77.2 cm³/mol. The summed E-state index contributed by atoms with van der Waals surface area (Å²) in [5.41, 5.74) is 7.20. The molecule has 0 saturated heterocycles. The smallest absolute Gasteiger partial charge is 0.129 e. The molecule has 1 aromatic carbocycles. The highest BCUT2D eigenvalue weighted by atomic mass is 79.9. The lowest BCUT2D eigenvalue weighted by molar-refractivity contribution is 0.600. The topological polar surface area (TPSA) is 26.0 Å². The van der Waals surface area contributed by atoms with Crippen LogP contribution in [0, 0.1) is 5.82 Å². The van der Waals surface area contributed by atoms with Gasteiger partial charge < -0.3 is 5.73 Å². The van der Waals surface area contributed by atoms with Crippen molar-refractivity contribution in [2.24, 2.45) is 5.73 Å². The van der Waals surface area contributed by atoms with Gasteiger partial charge in [0.2, 0.25) is 0 Å². The van der Waals surface area contributed by atoms with Crippen molar-refractivity contribution >= 4 is 54.8 Å². The van der Waals surface area contributed by atoms with E-state index < -0.39 is 6.04 Å². The third-order valence-electron chi connectivity index (χ3n) is 2.33. The molecule has 1 nitrogen and oxygen atoms in total. The van der Waals surface area contributed by atoms with Crippen LogP contribution < -0.4 is 5.73 Å². The Balaban J connectivity index is 2.51. The van der Waals surface area contributed by atoms with Crippen LogP contribution in [-0.4, -0.2) is 0 Å². The maximum absolute atomic E-state index is 13.7. The summed E-state index contributed by atoms with van der Waals surface area (Å²) in [4.78, 5) is 0. The zero-order chi connectivity index (χ0) is 12.6. The second-order valence-electron chi connectivity index (χ2n) is 3.39. The molecule has 0 fully saturated rings. The highest BCUT2D eigenvalue weighted by Gasteiger charge is 2.20. The summed E-state index contributed by atoms with van der Waals surface area (Å²) in [5.74, 6) is -0.390. The molecule has 0 aliphatic rings. The van der Waals surface area contributed by atoms with Gasteiger partial charge in [-0.2, -0.15) is 0 Å². The summed E-state index contributed by atoms with van der Waals surface area (Å²) in [6.07, 6.45) is 0. The molecule has 1 heterocycles. The summed E-state index contributed by atoms with van der Waals surface area (Å²) >= 11 is 14.3. The summed E-state index contributed by atoms with van der Waals surface area (Å²) < 4.78 is 15.5. The van der Waals surface area contributed by atoms with Gasteiger partial charge in [-0.3, -0.25) is 0 Å². The fourth-order valence-electron chi connectivity index (χ4n) is 1.53. The predicted octanol–water partition coefficient (Wildman–Crippen LogP) is 5.11. The Morgan fingerprint density at radius 3 is 2.59 bits per heavy atom. The third kappa shape index (κ3) is 2.74. The molecular weight excluding hydrogens is 392 g/mol. The molecular formula is C11H7Br2ClFNS. The van der Waals surface area contributed by atoms with Crippen molar-refractivity contribution in [1.82, 2.24) is 0 Å². The van der Waals surface area contributed by atoms with Crippen LogP contribution in [0.4, 0.5) is 4.39 Å². The van der Waals surface area contributed by atoms with Gasteiger partial charge in [-0.15, -0.1) is 11.3 Å². The molecule has 17 heavy (non-hydrogen) atoms. The Bertz CT molecular complexity index is 538. The molecule has 2 rings (SSSR count). The molecule has 1 unspecified atom stereocenters.